The molecule has 0 bridgehead atoms. The molecule has 7 nitrogen and oxygen atoms in total. The third-order valence-corrected chi connectivity index (χ3v) is 5.99. The van der Waals surface area contributed by atoms with Gasteiger partial charge in [0.05, 0.1) is 29.8 Å². The molecule has 0 fully saturated rings. The minimum atomic E-state index is -0.145. The lowest BCUT2D eigenvalue weighted by Crippen LogP contribution is -2.24. The van der Waals surface area contributed by atoms with Crippen LogP contribution in [-0.2, 0) is 13.0 Å². The van der Waals surface area contributed by atoms with Gasteiger partial charge in [0, 0.05) is 6.42 Å². The maximum absolute atomic E-state index is 13.3. The summed E-state index contributed by atoms with van der Waals surface area (Å²) in [4.78, 5) is 22.6. The number of aryl methyl sites for hydroxylation is 1. The summed E-state index contributed by atoms with van der Waals surface area (Å²) in [5, 5.41) is 5.10. The lowest BCUT2D eigenvalue weighted by Gasteiger charge is -2.15. The molecule has 160 valence electrons. The van der Waals surface area contributed by atoms with E-state index in [1.165, 1.54) is 11.8 Å². The minimum absolute atomic E-state index is 0.0756. The van der Waals surface area contributed by atoms with Crippen molar-refractivity contribution in [1.82, 2.24) is 19.7 Å². The minimum Gasteiger partial charge on any atom is -0.497 e. The molecule has 0 aliphatic heterocycles. The van der Waals surface area contributed by atoms with Gasteiger partial charge >= 0.3 is 0 Å². The van der Waals surface area contributed by atoms with Crippen molar-refractivity contribution in [1.29, 1.82) is 0 Å². The molecule has 0 radical (unpaired) electrons. The fourth-order valence-corrected chi connectivity index (χ4v) is 4.20. The second-order valence-corrected chi connectivity index (χ2v) is 8.52. The van der Waals surface area contributed by atoms with Crippen molar-refractivity contribution in [3.63, 3.8) is 0 Å². The van der Waals surface area contributed by atoms with Crippen LogP contribution in [0.2, 0.25) is 0 Å². The van der Waals surface area contributed by atoms with E-state index in [1.54, 1.807) is 11.7 Å². The van der Waals surface area contributed by atoms with Crippen LogP contribution in [0.15, 0.2) is 63.0 Å². The maximum Gasteiger partial charge on any atom is 0.262 e. The van der Waals surface area contributed by atoms with Gasteiger partial charge in [-0.1, -0.05) is 48.1 Å². The monoisotopic (exact) mass is 436 g/mol. The fraction of sp³-hybridized carbons (Fsp3) is 0.304. The third kappa shape index (κ3) is 4.64. The van der Waals surface area contributed by atoms with E-state index in [2.05, 4.69) is 17.1 Å². The molecule has 0 aliphatic carbocycles. The van der Waals surface area contributed by atoms with Gasteiger partial charge in [0.25, 0.3) is 5.56 Å². The van der Waals surface area contributed by atoms with Crippen molar-refractivity contribution in [3.8, 4) is 5.75 Å². The lowest BCUT2D eigenvalue weighted by atomic mass is 10.2. The Morgan fingerprint density at radius 2 is 1.90 bits per heavy atom. The van der Waals surface area contributed by atoms with Gasteiger partial charge in [0.1, 0.15) is 5.75 Å². The molecule has 0 N–H and O–H groups in total. The van der Waals surface area contributed by atoms with Gasteiger partial charge in [-0.15, -0.1) is 0 Å². The van der Waals surface area contributed by atoms with Crippen molar-refractivity contribution in [2.75, 3.05) is 7.11 Å². The summed E-state index contributed by atoms with van der Waals surface area (Å²) in [7, 11) is 1.63. The van der Waals surface area contributed by atoms with Crippen LogP contribution in [0.5, 0.6) is 5.75 Å². The van der Waals surface area contributed by atoms with Gasteiger partial charge < -0.3 is 9.26 Å². The van der Waals surface area contributed by atoms with Crippen molar-refractivity contribution in [2.24, 2.45) is 0 Å². The van der Waals surface area contributed by atoms with E-state index in [0.717, 1.165) is 24.2 Å². The first-order valence-electron chi connectivity index (χ1n) is 10.2. The molecule has 2 heterocycles. The number of thioether (sulfide) groups is 1. The molecule has 0 saturated heterocycles. The summed E-state index contributed by atoms with van der Waals surface area (Å²) in [5.74, 6) is 2.01. The zero-order valence-corrected chi connectivity index (χ0v) is 18.6. The smallest absolute Gasteiger partial charge is 0.262 e. The van der Waals surface area contributed by atoms with Gasteiger partial charge in [-0.05, 0) is 43.2 Å². The SMILES string of the molecule is CCCc1noc(C(C)Sc2nc3ccccc3c(=O)n2Cc2ccc(OC)cc2)n1. The van der Waals surface area contributed by atoms with E-state index in [9.17, 15) is 4.79 Å². The fourth-order valence-electron chi connectivity index (χ4n) is 3.26. The molecule has 4 rings (SSSR count). The van der Waals surface area contributed by atoms with Crippen LogP contribution in [0.3, 0.4) is 0 Å². The van der Waals surface area contributed by atoms with E-state index < -0.39 is 0 Å². The molecule has 2 aromatic carbocycles. The molecule has 1 unspecified atom stereocenters. The lowest BCUT2D eigenvalue weighted by molar-refractivity contribution is 0.374. The molecule has 31 heavy (non-hydrogen) atoms. The first kappa shape index (κ1) is 21.1. The molecule has 4 aromatic rings. The molecule has 2 aromatic heterocycles. The Bertz CT molecular complexity index is 1230. The number of ether oxygens (including phenoxy) is 1. The number of para-hydroxylation sites is 1. The van der Waals surface area contributed by atoms with Gasteiger partial charge in [-0.25, -0.2) is 4.98 Å². The quantitative estimate of drug-likeness (QED) is 0.294. The van der Waals surface area contributed by atoms with E-state index >= 15 is 0 Å². The number of methoxy groups -OCH3 is 1. The highest BCUT2D eigenvalue weighted by Gasteiger charge is 2.20. The van der Waals surface area contributed by atoms with Crippen molar-refractivity contribution in [2.45, 2.75) is 43.6 Å². The second-order valence-electron chi connectivity index (χ2n) is 7.21. The normalized spacial score (nSPS) is 12.2. The van der Waals surface area contributed by atoms with Gasteiger partial charge in [0.2, 0.25) is 5.89 Å². The molecule has 1 atom stereocenters. The van der Waals surface area contributed by atoms with Crippen LogP contribution >= 0.6 is 11.8 Å². The highest BCUT2D eigenvalue weighted by Crippen LogP contribution is 2.33. The number of rotatable bonds is 8. The van der Waals surface area contributed by atoms with E-state index in [-0.39, 0.29) is 10.8 Å². The number of nitrogens with zero attached hydrogens (tertiary/aromatic N) is 4. The van der Waals surface area contributed by atoms with Gasteiger partial charge in [0.15, 0.2) is 11.0 Å². The van der Waals surface area contributed by atoms with E-state index in [1.807, 2.05) is 55.5 Å². The summed E-state index contributed by atoms with van der Waals surface area (Å²) in [5.41, 5.74) is 1.58. The van der Waals surface area contributed by atoms with Gasteiger partial charge in [-0.3, -0.25) is 9.36 Å². The summed E-state index contributed by atoms with van der Waals surface area (Å²) in [6.07, 6.45) is 1.73. The third-order valence-electron chi connectivity index (χ3n) is 4.91. The molecule has 0 saturated carbocycles. The van der Waals surface area contributed by atoms with Crippen LogP contribution in [0.25, 0.3) is 10.9 Å². The molecular formula is C23H24N4O3S. The average Bonchev–Trinajstić information content (AvgIpc) is 3.26. The molecule has 0 amide bonds. The van der Waals surface area contributed by atoms with Crippen LogP contribution < -0.4 is 10.3 Å². The Kier molecular flexibility index (Phi) is 6.36. The highest BCUT2D eigenvalue weighted by molar-refractivity contribution is 7.99. The zero-order valence-electron chi connectivity index (χ0n) is 17.7. The highest BCUT2D eigenvalue weighted by atomic mass is 32.2. The Morgan fingerprint density at radius 3 is 2.65 bits per heavy atom. The van der Waals surface area contributed by atoms with E-state index in [4.69, 9.17) is 14.2 Å². The summed E-state index contributed by atoms with van der Waals surface area (Å²) < 4.78 is 12.4. The summed E-state index contributed by atoms with van der Waals surface area (Å²) in [6.45, 7) is 4.46. The first-order valence-corrected chi connectivity index (χ1v) is 11.1. The zero-order chi connectivity index (χ0) is 21.8. The summed E-state index contributed by atoms with van der Waals surface area (Å²) >= 11 is 1.44. The first-order chi connectivity index (χ1) is 15.1. The number of aromatic nitrogens is 4. The van der Waals surface area contributed by atoms with Crippen molar-refractivity contribution < 1.29 is 9.26 Å². The number of hydrogen-bond donors (Lipinski definition) is 0. The summed E-state index contributed by atoms with van der Waals surface area (Å²) in [6, 6.07) is 15.1. The van der Waals surface area contributed by atoms with Crippen LogP contribution in [0.4, 0.5) is 0 Å². The second kappa shape index (κ2) is 9.34. The molecule has 0 spiro atoms. The molecule has 8 heteroatoms. The molecular weight excluding hydrogens is 412 g/mol. The maximum atomic E-state index is 13.3. The predicted molar refractivity (Wildman–Crippen MR) is 121 cm³/mol. The largest absolute Gasteiger partial charge is 0.497 e. The Balaban J connectivity index is 1.71. The van der Waals surface area contributed by atoms with Crippen LogP contribution in [0.1, 0.15) is 42.8 Å². The van der Waals surface area contributed by atoms with Gasteiger partial charge in [-0.2, -0.15) is 4.98 Å². The van der Waals surface area contributed by atoms with Crippen LogP contribution in [0, 0.1) is 0 Å². The Hall–Kier alpha value is -3.13. The standard InChI is InChI=1S/C23H24N4O3S/c1-4-7-20-25-21(30-26-20)15(2)31-23-24-19-9-6-5-8-18(19)22(28)27(23)14-16-10-12-17(29-3)13-11-16/h5-6,8-13,15H,4,7,14H2,1-3H3. The predicted octanol–water partition coefficient (Wildman–Crippen LogP) is 4.64. The van der Waals surface area contributed by atoms with Crippen LogP contribution in [-0.4, -0.2) is 26.8 Å². The number of fused-ring (bicyclic) bond motifs is 1. The topological polar surface area (TPSA) is 83.0 Å². The Morgan fingerprint density at radius 1 is 1.13 bits per heavy atom. The van der Waals surface area contributed by atoms with E-state index in [0.29, 0.717) is 34.3 Å². The van der Waals surface area contributed by atoms with Crippen molar-refractivity contribution >= 4 is 22.7 Å². The average molecular weight is 437 g/mol. The van der Waals surface area contributed by atoms with Crippen molar-refractivity contribution in [3.05, 3.63) is 76.2 Å². The number of benzene rings is 2. The molecule has 0 aliphatic rings. The number of hydrogen-bond acceptors (Lipinski definition) is 7. The Labute approximate surface area is 184 Å².